The number of rotatable bonds is 3. The van der Waals surface area contributed by atoms with E-state index in [4.69, 9.17) is 0 Å². The van der Waals surface area contributed by atoms with Gasteiger partial charge < -0.3 is 15.3 Å². The molecule has 1 aliphatic rings. The molecule has 2 N–H and O–H groups in total. The number of amides is 1. The minimum Gasteiger partial charge on any atom is -0.390 e. The van der Waals surface area contributed by atoms with E-state index in [1.807, 2.05) is 0 Å². The number of carbonyl (C=O) groups is 1. The second-order valence-corrected chi connectivity index (χ2v) is 6.80. The third-order valence-electron chi connectivity index (χ3n) is 4.62. The van der Waals surface area contributed by atoms with E-state index in [-0.39, 0.29) is 24.5 Å². The number of nitrogens with zero attached hydrogens (tertiary/aromatic N) is 2. The van der Waals surface area contributed by atoms with Crippen molar-refractivity contribution in [2.75, 3.05) is 16.8 Å². The molecule has 0 bridgehead atoms. The summed E-state index contributed by atoms with van der Waals surface area (Å²) < 4.78 is 52.8. The molecule has 0 saturated carbocycles. The number of anilines is 2. The lowest BCUT2D eigenvalue weighted by atomic mass is 10.1. The predicted octanol–water partition coefficient (Wildman–Crippen LogP) is 3.43. The number of aliphatic hydroxyl groups excluding tert-OH is 1. The van der Waals surface area contributed by atoms with E-state index in [0.717, 1.165) is 12.1 Å². The molecule has 0 radical (unpaired) electrons. The van der Waals surface area contributed by atoms with Gasteiger partial charge in [-0.15, -0.1) is 0 Å². The van der Waals surface area contributed by atoms with Gasteiger partial charge in [-0.1, -0.05) is 0 Å². The van der Waals surface area contributed by atoms with Crippen LogP contribution in [0.25, 0.3) is 0 Å². The monoisotopic (exact) mass is 397 g/mol. The number of aryl methyl sites for hydroxylation is 2. The van der Waals surface area contributed by atoms with E-state index in [0.29, 0.717) is 11.3 Å². The molecule has 3 rings (SSSR count). The lowest BCUT2D eigenvalue weighted by Gasteiger charge is -2.27. The molecule has 0 unspecified atom stereocenters. The summed E-state index contributed by atoms with van der Waals surface area (Å²) in [5.41, 5.74) is -0.0582. The number of hydrogen-bond acceptors (Lipinski definition) is 4. The van der Waals surface area contributed by atoms with Crippen molar-refractivity contribution in [2.45, 2.75) is 38.6 Å². The molecule has 1 aromatic carbocycles. The van der Waals surface area contributed by atoms with Crippen molar-refractivity contribution in [2.24, 2.45) is 0 Å². The van der Waals surface area contributed by atoms with Crippen molar-refractivity contribution in [1.29, 1.82) is 0 Å². The number of hydrogen-bond donors (Lipinski definition) is 2. The number of alkyl halides is 3. The largest absolute Gasteiger partial charge is 0.416 e. The molecule has 0 aliphatic carbocycles. The highest BCUT2D eigenvalue weighted by Crippen LogP contribution is 2.34. The molecule has 28 heavy (non-hydrogen) atoms. The van der Waals surface area contributed by atoms with Gasteiger partial charge in [0.25, 0.3) is 0 Å². The third kappa shape index (κ3) is 4.09. The Hall–Kier alpha value is -2.68. The lowest BCUT2D eigenvalue weighted by Crippen LogP contribution is -2.45. The van der Waals surface area contributed by atoms with Gasteiger partial charge in [0.2, 0.25) is 5.91 Å². The normalized spacial score (nSPS) is 19.8. The van der Waals surface area contributed by atoms with Gasteiger partial charge >= 0.3 is 6.18 Å². The molecule has 1 amide bonds. The molecular weight excluding hydrogens is 378 g/mol. The first kappa shape index (κ1) is 20.1. The van der Waals surface area contributed by atoms with Crippen molar-refractivity contribution >= 4 is 17.4 Å². The summed E-state index contributed by atoms with van der Waals surface area (Å²) in [5, 5.41) is 12.8. The zero-order valence-corrected chi connectivity index (χ0v) is 15.2. The fourth-order valence-corrected chi connectivity index (χ4v) is 3.25. The quantitative estimate of drug-likeness (QED) is 0.779. The van der Waals surface area contributed by atoms with Gasteiger partial charge in [0.15, 0.2) is 0 Å². The van der Waals surface area contributed by atoms with Crippen LogP contribution in [0.2, 0.25) is 0 Å². The highest BCUT2D eigenvalue weighted by atomic mass is 19.4. The Balaban J connectivity index is 1.89. The average Bonchev–Trinajstić information content (AvgIpc) is 2.98. The van der Waals surface area contributed by atoms with E-state index in [9.17, 15) is 27.5 Å². The molecule has 2 heterocycles. The summed E-state index contributed by atoms with van der Waals surface area (Å²) in [6, 6.07) is 4.69. The summed E-state index contributed by atoms with van der Waals surface area (Å²) in [5.74, 6) is -1.06. The van der Waals surface area contributed by atoms with E-state index in [2.05, 4.69) is 10.3 Å². The summed E-state index contributed by atoms with van der Waals surface area (Å²) in [6.07, 6.45) is -5.42. The molecule has 1 fully saturated rings. The van der Waals surface area contributed by atoms with Crippen molar-refractivity contribution < 1.29 is 27.5 Å². The second kappa shape index (κ2) is 7.38. The Labute approximate surface area is 159 Å². The zero-order chi connectivity index (χ0) is 20.6. The fraction of sp³-hybridized carbons (Fsp3) is 0.368. The summed E-state index contributed by atoms with van der Waals surface area (Å²) >= 11 is 0. The van der Waals surface area contributed by atoms with Crippen molar-refractivity contribution in [3.63, 3.8) is 0 Å². The average molecular weight is 397 g/mol. The number of benzene rings is 1. The van der Waals surface area contributed by atoms with E-state index < -0.39 is 35.6 Å². The summed E-state index contributed by atoms with van der Waals surface area (Å²) in [6.45, 7) is 3.15. The molecule has 1 saturated heterocycles. The number of pyridine rings is 1. The summed E-state index contributed by atoms with van der Waals surface area (Å²) in [4.78, 5) is 18.2. The zero-order valence-electron chi connectivity index (χ0n) is 15.2. The Morgan fingerprint density at radius 1 is 1.25 bits per heavy atom. The Morgan fingerprint density at radius 3 is 2.61 bits per heavy atom. The SMILES string of the molecule is Cc1cc(C(F)(F)F)cc(N2CC[C@@H](O)[C@H]2C(=O)Nc2ccc(F)c(C)c2)n1. The van der Waals surface area contributed by atoms with Crippen molar-refractivity contribution in [1.82, 2.24) is 4.98 Å². The molecule has 1 aromatic heterocycles. The van der Waals surface area contributed by atoms with Gasteiger partial charge in [-0.25, -0.2) is 9.37 Å². The molecule has 1 aliphatic heterocycles. The van der Waals surface area contributed by atoms with Crippen molar-refractivity contribution in [3.8, 4) is 0 Å². The molecule has 0 spiro atoms. The fourth-order valence-electron chi connectivity index (χ4n) is 3.25. The van der Waals surface area contributed by atoms with Crippen LogP contribution in [0.3, 0.4) is 0 Å². The predicted molar refractivity (Wildman–Crippen MR) is 95.5 cm³/mol. The minimum atomic E-state index is -4.55. The molecule has 5 nitrogen and oxygen atoms in total. The van der Waals surface area contributed by atoms with Crippen LogP contribution in [0.5, 0.6) is 0 Å². The van der Waals surface area contributed by atoms with Crippen LogP contribution in [0.1, 0.15) is 23.2 Å². The van der Waals surface area contributed by atoms with Gasteiger partial charge in [0, 0.05) is 17.9 Å². The molecule has 150 valence electrons. The Morgan fingerprint density at radius 2 is 1.96 bits per heavy atom. The number of nitrogens with one attached hydrogen (secondary N) is 1. The number of aliphatic hydroxyl groups is 1. The minimum absolute atomic E-state index is 0.0284. The first-order chi connectivity index (χ1) is 13.1. The maximum absolute atomic E-state index is 13.4. The van der Waals surface area contributed by atoms with E-state index in [1.54, 1.807) is 0 Å². The Bertz CT molecular complexity index is 901. The van der Waals surface area contributed by atoms with Crippen LogP contribution in [-0.2, 0) is 11.0 Å². The number of halogens is 4. The topological polar surface area (TPSA) is 65.5 Å². The van der Waals surface area contributed by atoms with Gasteiger partial charge in [-0.3, -0.25) is 4.79 Å². The van der Waals surface area contributed by atoms with Crippen LogP contribution >= 0.6 is 0 Å². The van der Waals surface area contributed by atoms with Crippen LogP contribution in [0, 0.1) is 19.7 Å². The Kier molecular flexibility index (Phi) is 5.29. The maximum Gasteiger partial charge on any atom is 0.416 e. The lowest BCUT2D eigenvalue weighted by molar-refractivity contribution is -0.137. The highest BCUT2D eigenvalue weighted by Gasteiger charge is 2.40. The third-order valence-corrected chi connectivity index (χ3v) is 4.62. The molecule has 9 heteroatoms. The number of carbonyl (C=O) groups excluding carboxylic acids is 1. The van der Waals surface area contributed by atoms with Gasteiger partial charge in [0.1, 0.15) is 17.7 Å². The molecular formula is C19H19F4N3O2. The van der Waals surface area contributed by atoms with E-state index in [1.165, 1.54) is 36.9 Å². The smallest absolute Gasteiger partial charge is 0.390 e. The van der Waals surface area contributed by atoms with Gasteiger partial charge in [-0.05, 0) is 56.2 Å². The van der Waals surface area contributed by atoms with Crippen LogP contribution in [0.15, 0.2) is 30.3 Å². The second-order valence-electron chi connectivity index (χ2n) is 6.80. The van der Waals surface area contributed by atoms with Gasteiger partial charge in [0.05, 0.1) is 11.7 Å². The van der Waals surface area contributed by atoms with Crippen LogP contribution < -0.4 is 10.2 Å². The van der Waals surface area contributed by atoms with E-state index >= 15 is 0 Å². The first-order valence-corrected chi connectivity index (χ1v) is 8.64. The van der Waals surface area contributed by atoms with Crippen LogP contribution in [0.4, 0.5) is 29.1 Å². The maximum atomic E-state index is 13.4. The van der Waals surface area contributed by atoms with Crippen LogP contribution in [-0.4, -0.2) is 34.7 Å². The van der Waals surface area contributed by atoms with Gasteiger partial charge in [-0.2, -0.15) is 13.2 Å². The van der Waals surface area contributed by atoms with Crippen molar-refractivity contribution in [3.05, 3.63) is 53.0 Å². The summed E-state index contributed by atoms with van der Waals surface area (Å²) in [7, 11) is 0. The molecule has 2 atom stereocenters. The molecule has 2 aromatic rings. The first-order valence-electron chi connectivity index (χ1n) is 8.64. The standard InChI is InChI=1S/C19H19F4N3O2/c1-10-7-13(3-4-14(10)20)25-18(28)17-15(27)5-6-26(17)16-9-12(19(21,22)23)8-11(2)24-16/h3-4,7-9,15,17,27H,5-6H2,1-2H3,(H,25,28)/t15-,17+/m1/s1. The number of aromatic nitrogens is 1. The highest BCUT2D eigenvalue weighted by molar-refractivity contribution is 5.97.